The van der Waals surface area contributed by atoms with Crippen LogP contribution in [0.2, 0.25) is 0 Å². The monoisotopic (exact) mass is 440 g/mol. The lowest BCUT2D eigenvalue weighted by molar-refractivity contribution is -0.00501. The molecule has 1 rings (SSSR count). The molecular formula is C17H37IN4O. The highest BCUT2D eigenvalue weighted by molar-refractivity contribution is 14.0. The van der Waals surface area contributed by atoms with E-state index in [0.717, 1.165) is 51.0 Å². The average Bonchev–Trinajstić information content (AvgIpc) is 2.50. The smallest absolute Gasteiger partial charge is 0.191 e. The highest BCUT2D eigenvalue weighted by Crippen LogP contribution is 2.24. The molecule has 0 saturated carbocycles. The van der Waals surface area contributed by atoms with Crippen LogP contribution in [0.3, 0.4) is 0 Å². The van der Waals surface area contributed by atoms with Crippen molar-refractivity contribution in [3.8, 4) is 0 Å². The van der Waals surface area contributed by atoms with Crippen LogP contribution in [-0.2, 0) is 4.74 Å². The maximum Gasteiger partial charge on any atom is 0.191 e. The average molecular weight is 440 g/mol. The molecule has 1 saturated heterocycles. The molecule has 0 aromatic carbocycles. The van der Waals surface area contributed by atoms with Gasteiger partial charge in [-0.15, -0.1) is 24.0 Å². The van der Waals surface area contributed by atoms with Crippen molar-refractivity contribution in [2.75, 3.05) is 47.4 Å². The van der Waals surface area contributed by atoms with Crippen molar-refractivity contribution in [2.24, 2.45) is 10.9 Å². The Morgan fingerprint density at radius 3 is 2.35 bits per heavy atom. The molecule has 1 aliphatic heterocycles. The van der Waals surface area contributed by atoms with Gasteiger partial charge in [-0.25, -0.2) is 0 Å². The van der Waals surface area contributed by atoms with E-state index in [1.54, 1.807) is 0 Å². The number of likely N-dealkylation sites (N-methyl/N-ethyl adjacent to an activating group) is 1. The van der Waals surface area contributed by atoms with E-state index in [-0.39, 0.29) is 29.5 Å². The fraction of sp³-hybridized carbons (Fsp3) is 0.941. The van der Waals surface area contributed by atoms with E-state index in [9.17, 15) is 0 Å². The number of nitrogens with one attached hydrogen (secondary N) is 2. The summed E-state index contributed by atoms with van der Waals surface area (Å²) in [6.45, 7) is 8.16. The molecule has 0 aromatic heterocycles. The topological polar surface area (TPSA) is 48.9 Å². The Morgan fingerprint density at radius 2 is 1.83 bits per heavy atom. The van der Waals surface area contributed by atoms with Crippen molar-refractivity contribution in [1.82, 2.24) is 15.5 Å². The van der Waals surface area contributed by atoms with Gasteiger partial charge in [0.15, 0.2) is 5.96 Å². The maximum atomic E-state index is 5.52. The van der Waals surface area contributed by atoms with Crippen LogP contribution in [-0.4, -0.2) is 63.8 Å². The van der Waals surface area contributed by atoms with Crippen molar-refractivity contribution in [2.45, 2.75) is 51.5 Å². The number of ether oxygens (including phenoxy) is 1. The minimum atomic E-state index is 0. The third-order valence-electron chi connectivity index (χ3n) is 4.68. The molecule has 0 aromatic rings. The maximum absolute atomic E-state index is 5.52. The van der Waals surface area contributed by atoms with E-state index >= 15 is 0 Å². The van der Waals surface area contributed by atoms with Gasteiger partial charge in [0.05, 0.1) is 0 Å². The summed E-state index contributed by atoms with van der Waals surface area (Å²) in [6, 6.07) is 0. The third-order valence-corrected chi connectivity index (χ3v) is 4.68. The van der Waals surface area contributed by atoms with Crippen LogP contribution in [0.15, 0.2) is 4.99 Å². The Morgan fingerprint density at radius 1 is 1.17 bits per heavy atom. The molecule has 1 fully saturated rings. The molecule has 0 amide bonds. The van der Waals surface area contributed by atoms with Gasteiger partial charge in [0.1, 0.15) is 0 Å². The summed E-state index contributed by atoms with van der Waals surface area (Å²) in [5.41, 5.74) is 0.174. The Hall–Kier alpha value is -0.0800. The molecule has 0 bridgehead atoms. The summed E-state index contributed by atoms with van der Waals surface area (Å²) >= 11 is 0. The summed E-state index contributed by atoms with van der Waals surface area (Å²) in [6.07, 6.45) is 5.92. The standard InChI is InChI=1S/C17H36N4O.HI/c1-15(2)8-6-7-11-19-16(18-3)20-14-17(21(4)5)9-12-22-13-10-17;/h15H,6-14H2,1-5H3,(H2,18,19,20);1H. The molecule has 2 N–H and O–H groups in total. The second-order valence-electron chi connectivity index (χ2n) is 6.97. The number of halogens is 1. The van der Waals surface area contributed by atoms with Crippen LogP contribution in [0.1, 0.15) is 46.0 Å². The fourth-order valence-corrected chi connectivity index (χ4v) is 2.89. The summed E-state index contributed by atoms with van der Waals surface area (Å²) in [4.78, 5) is 6.67. The molecular weight excluding hydrogens is 403 g/mol. The zero-order valence-electron chi connectivity index (χ0n) is 15.7. The van der Waals surface area contributed by atoms with E-state index in [1.165, 1.54) is 19.3 Å². The minimum absolute atomic E-state index is 0. The molecule has 1 aliphatic rings. The first-order valence-electron chi connectivity index (χ1n) is 8.70. The highest BCUT2D eigenvalue weighted by atomic mass is 127. The molecule has 0 spiro atoms. The van der Waals surface area contributed by atoms with Crippen LogP contribution in [0.5, 0.6) is 0 Å². The van der Waals surface area contributed by atoms with Crippen molar-refractivity contribution in [3.05, 3.63) is 0 Å². The Bertz CT molecular complexity index is 329. The lowest BCUT2D eigenvalue weighted by atomic mass is 9.88. The second-order valence-corrected chi connectivity index (χ2v) is 6.97. The highest BCUT2D eigenvalue weighted by Gasteiger charge is 2.34. The van der Waals surface area contributed by atoms with Gasteiger partial charge in [0.2, 0.25) is 0 Å². The van der Waals surface area contributed by atoms with Crippen molar-refractivity contribution >= 4 is 29.9 Å². The molecule has 0 unspecified atom stereocenters. The first-order valence-corrected chi connectivity index (χ1v) is 8.70. The van der Waals surface area contributed by atoms with E-state index < -0.39 is 0 Å². The lowest BCUT2D eigenvalue weighted by Gasteiger charge is -2.43. The summed E-state index contributed by atoms with van der Waals surface area (Å²) in [5, 5.41) is 6.93. The van der Waals surface area contributed by atoms with Crippen LogP contribution in [0.4, 0.5) is 0 Å². The first-order chi connectivity index (χ1) is 10.5. The van der Waals surface area contributed by atoms with Gasteiger partial charge in [0, 0.05) is 38.9 Å². The van der Waals surface area contributed by atoms with Gasteiger partial charge in [-0.1, -0.05) is 26.7 Å². The molecule has 6 heteroatoms. The Labute approximate surface area is 160 Å². The summed E-state index contributed by atoms with van der Waals surface area (Å²) in [5.74, 6) is 1.71. The quantitative estimate of drug-likeness (QED) is 0.264. The number of aliphatic imine (C=N–C) groups is 1. The van der Waals surface area contributed by atoms with Gasteiger partial charge in [-0.05, 0) is 39.3 Å². The van der Waals surface area contributed by atoms with E-state index in [4.69, 9.17) is 4.74 Å². The van der Waals surface area contributed by atoms with Gasteiger partial charge < -0.3 is 20.3 Å². The normalized spacial score (nSPS) is 18.0. The van der Waals surface area contributed by atoms with Crippen molar-refractivity contribution < 1.29 is 4.74 Å². The number of rotatable bonds is 8. The third kappa shape index (κ3) is 8.54. The number of nitrogens with zero attached hydrogens (tertiary/aromatic N) is 2. The number of hydrogen-bond acceptors (Lipinski definition) is 3. The molecule has 0 radical (unpaired) electrons. The van der Waals surface area contributed by atoms with E-state index in [2.05, 4.69) is 48.5 Å². The van der Waals surface area contributed by atoms with Gasteiger partial charge in [-0.2, -0.15) is 0 Å². The number of hydrogen-bond donors (Lipinski definition) is 2. The van der Waals surface area contributed by atoms with Crippen LogP contribution in [0, 0.1) is 5.92 Å². The SMILES string of the molecule is CN=C(NCCCCC(C)C)NCC1(N(C)C)CCOCC1.I. The van der Waals surface area contributed by atoms with E-state index in [1.807, 2.05) is 7.05 Å². The van der Waals surface area contributed by atoms with E-state index in [0.29, 0.717) is 0 Å². The molecule has 1 heterocycles. The molecule has 23 heavy (non-hydrogen) atoms. The molecule has 5 nitrogen and oxygen atoms in total. The van der Waals surface area contributed by atoms with Crippen LogP contribution in [0.25, 0.3) is 0 Å². The Kier molecular flexibility index (Phi) is 12.3. The molecule has 0 aliphatic carbocycles. The Balaban J connectivity index is 0.00000484. The van der Waals surface area contributed by atoms with Gasteiger partial charge in [0.25, 0.3) is 0 Å². The van der Waals surface area contributed by atoms with Gasteiger partial charge >= 0.3 is 0 Å². The zero-order chi connectivity index (χ0) is 16.4. The van der Waals surface area contributed by atoms with Crippen molar-refractivity contribution in [3.63, 3.8) is 0 Å². The first kappa shape index (κ1) is 22.9. The summed E-state index contributed by atoms with van der Waals surface area (Å²) < 4.78 is 5.52. The minimum Gasteiger partial charge on any atom is -0.381 e. The molecule has 138 valence electrons. The lowest BCUT2D eigenvalue weighted by Crippen LogP contribution is -2.57. The van der Waals surface area contributed by atoms with Crippen LogP contribution >= 0.6 is 24.0 Å². The van der Waals surface area contributed by atoms with Crippen LogP contribution < -0.4 is 10.6 Å². The second kappa shape index (κ2) is 12.3. The zero-order valence-corrected chi connectivity index (χ0v) is 18.0. The molecule has 0 atom stereocenters. The fourth-order valence-electron chi connectivity index (χ4n) is 2.89. The number of unbranched alkanes of at least 4 members (excludes halogenated alkanes) is 1. The predicted octanol–water partition coefficient (Wildman–Crippen LogP) is 2.71. The van der Waals surface area contributed by atoms with Gasteiger partial charge in [-0.3, -0.25) is 4.99 Å². The van der Waals surface area contributed by atoms with Crippen molar-refractivity contribution in [1.29, 1.82) is 0 Å². The number of guanidine groups is 1. The summed E-state index contributed by atoms with van der Waals surface area (Å²) in [7, 11) is 6.17. The predicted molar refractivity (Wildman–Crippen MR) is 110 cm³/mol. The largest absolute Gasteiger partial charge is 0.381 e.